The van der Waals surface area contributed by atoms with Crippen LogP contribution in [0.4, 0.5) is 0 Å². The fourth-order valence-electron chi connectivity index (χ4n) is 0.919. The van der Waals surface area contributed by atoms with Crippen LogP contribution in [0.1, 0.15) is 22.1 Å². The van der Waals surface area contributed by atoms with Crippen LogP contribution in [-0.2, 0) is 0 Å². The van der Waals surface area contributed by atoms with E-state index in [1.807, 2.05) is 0 Å². The summed E-state index contributed by atoms with van der Waals surface area (Å²) in [7, 11) is 0. The topological polar surface area (TPSA) is 115 Å². The van der Waals surface area contributed by atoms with Crippen molar-refractivity contribution in [3.05, 3.63) is 23.3 Å². The third kappa shape index (κ3) is 3.40. The fourth-order valence-corrected chi connectivity index (χ4v) is 0.919. The number of hydrogen-bond acceptors (Lipinski definition) is 4. The molecule has 0 spiro atoms. The number of carboxylic acids is 2. The quantitative estimate of drug-likeness (QED) is 0.450. The van der Waals surface area contributed by atoms with Crippen LogP contribution in [0.3, 0.4) is 0 Å². The molecule has 1 aromatic carbocycles. The van der Waals surface area contributed by atoms with Gasteiger partial charge in [0.2, 0.25) is 0 Å². The van der Waals surface area contributed by atoms with Crippen molar-refractivity contribution in [3.8, 4) is 11.5 Å². The number of rotatable bonds is 2. The van der Waals surface area contributed by atoms with E-state index >= 15 is 0 Å². The minimum Gasteiger partial charge on any atom is -1.00 e. The Morgan fingerprint density at radius 3 is 1.40 bits per heavy atom. The molecule has 0 atom stereocenters. The van der Waals surface area contributed by atoms with Gasteiger partial charge in [0.1, 0.15) is 22.6 Å². The van der Waals surface area contributed by atoms with Gasteiger partial charge in [0.05, 0.1) is 0 Å². The predicted octanol–water partition coefficient (Wildman–Crippen LogP) is -2.39. The maximum Gasteiger partial charge on any atom is 1.00 e. The van der Waals surface area contributed by atoms with Crippen molar-refractivity contribution in [2.45, 2.75) is 0 Å². The third-order valence-electron chi connectivity index (χ3n) is 1.57. The van der Waals surface area contributed by atoms with Crippen LogP contribution >= 0.6 is 0 Å². The predicted molar refractivity (Wildman–Crippen MR) is 44.8 cm³/mol. The molecule has 0 aromatic heterocycles. The first-order valence-corrected chi connectivity index (χ1v) is 3.46. The second kappa shape index (κ2) is 5.78. The molecule has 1 aromatic rings. The van der Waals surface area contributed by atoms with Gasteiger partial charge in [-0.05, 0) is 12.1 Å². The summed E-state index contributed by atoms with van der Waals surface area (Å²) in [6, 6.07) is 1.36. The number of phenols is 2. The number of carboxylic acid groups (broad SMARTS) is 2. The maximum atomic E-state index is 10.4. The standard InChI is InChI=1S/C8H6O6.Cs.H/c9-5-1-3(7(11)12)6(10)2-4(5)8(13)14;;/h1-2,9-10H,(H,11,12)(H,13,14);;/q;+1;-1. The SMILES string of the molecule is O=C(O)c1cc(O)c(C(=O)O)cc1O.[Cs+].[H-]. The van der Waals surface area contributed by atoms with Crippen LogP contribution in [-0.4, -0.2) is 32.4 Å². The molecule has 0 radical (unpaired) electrons. The molecule has 0 aliphatic rings. The Morgan fingerprint density at radius 1 is 0.933 bits per heavy atom. The first-order chi connectivity index (χ1) is 6.43. The molecule has 0 amide bonds. The van der Waals surface area contributed by atoms with Crippen molar-refractivity contribution >= 4 is 11.9 Å². The van der Waals surface area contributed by atoms with E-state index in [1.54, 1.807) is 0 Å². The van der Waals surface area contributed by atoms with Gasteiger partial charge in [-0.1, -0.05) is 0 Å². The van der Waals surface area contributed by atoms with Crippen LogP contribution in [0, 0.1) is 0 Å². The van der Waals surface area contributed by atoms with Crippen molar-refractivity contribution in [1.82, 2.24) is 0 Å². The number of carbonyl (C=O) groups is 2. The van der Waals surface area contributed by atoms with Gasteiger partial charge in [-0.15, -0.1) is 0 Å². The molecule has 0 saturated carbocycles. The summed E-state index contributed by atoms with van der Waals surface area (Å²) in [5, 5.41) is 35.2. The molecule has 0 saturated heterocycles. The van der Waals surface area contributed by atoms with Crippen molar-refractivity contribution in [2.24, 2.45) is 0 Å². The van der Waals surface area contributed by atoms with Gasteiger partial charge in [0.25, 0.3) is 0 Å². The first-order valence-electron chi connectivity index (χ1n) is 3.46. The molecule has 6 nitrogen and oxygen atoms in total. The molecular weight excluding hydrogens is 325 g/mol. The number of aromatic carboxylic acids is 2. The molecular formula is C8H7CsO6. The van der Waals surface area contributed by atoms with E-state index in [1.165, 1.54) is 0 Å². The Morgan fingerprint density at radius 2 is 1.20 bits per heavy atom. The molecule has 76 valence electrons. The number of aromatic hydroxyl groups is 2. The van der Waals surface area contributed by atoms with Crippen LogP contribution < -0.4 is 68.9 Å². The summed E-state index contributed by atoms with van der Waals surface area (Å²) < 4.78 is 0. The van der Waals surface area contributed by atoms with Crippen LogP contribution in [0.25, 0.3) is 0 Å². The van der Waals surface area contributed by atoms with Crippen molar-refractivity contribution in [1.29, 1.82) is 0 Å². The zero-order valence-corrected chi connectivity index (χ0v) is 14.0. The van der Waals surface area contributed by atoms with Crippen molar-refractivity contribution < 1.29 is 100 Å². The largest absolute Gasteiger partial charge is 1.00 e. The fraction of sp³-hybridized carbons (Fsp3) is 0. The zero-order chi connectivity index (χ0) is 10.9. The van der Waals surface area contributed by atoms with E-state index in [-0.39, 0.29) is 70.3 Å². The summed E-state index contributed by atoms with van der Waals surface area (Å²) in [6.45, 7) is 0. The minimum absolute atomic E-state index is 0. The summed E-state index contributed by atoms with van der Waals surface area (Å²) >= 11 is 0. The van der Waals surface area contributed by atoms with Crippen molar-refractivity contribution in [2.75, 3.05) is 0 Å². The molecule has 0 aliphatic heterocycles. The Balaban J connectivity index is 0. The molecule has 1 rings (SSSR count). The average Bonchev–Trinajstić information content (AvgIpc) is 2.07. The van der Waals surface area contributed by atoms with E-state index < -0.39 is 34.6 Å². The smallest absolute Gasteiger partial charge is 1.00 e. The Labute approximate surface area is 144 Å². The molecule has 0 unspecified atom stereocenters. The Kier molecular flexibility index (Phi) is 5.70. The third-order valence-corrected chi connectivity index (χ3v) is 1.57. The Bertz CT molecular complexity index is 379. The minimum atomic E-state index is -1.45. The van der Waals surface area contributed by atoms with Gasteiger partial charge >= 0.3 is 80.8 Å². The van der Waals surface area contributed by atoms with Gasteiger partial charge < -0.3 is 21.9 Å². The molecule has 7 heteroatoms. The second-order valence-corrected chi connectivity index (χ2v) is 2.50. The monoisotopic (exact) mass is 332 g/mol. The van der Waals surface area contributed by atoms with E-state index in [0.717, 1.165) is 0 Å². The summed E-state index contributed by atoms with van der Waals surface area (Å²) in [6.07, 6.45) is 0. The molecule has 4 N–H and O–H groups in total. The molecule has 0 bridgehead atoms. The van der Waals surface area contributed by atoms with Gasteiger partial charge in [0.15, 0.2) is 0 Å². The average molecular weight is 332 g/mol. The van der Waals surface area contributed by atoms with Gasteiger partial charge in [-0.3, -0.25) is 0 Å². The van der Waals surface area contributed by atoms with Crippen LogP contribution in [0.2, 0.25) is 0 Å². The molecule has 0 heterocycles. The maximum absolute atomic E-state index is 10.4. The van der Waals surface area contributed by atoms with Crippen LogP contribution in [0.15, 0.2) is 12.1 Å². The van der Waals surface area contributed by atoms with Gasteiger partial charge in [-0.25, -0.2) is 9.59 Å². The normalized spacial score (nSPS) is 9.07. The van der Waals surface area contributed by atoms with E-state index in [0.29, 0.717) is 12.1 Å². The Hall–Kier alpha value is -0.188. The zero-order valence-electron chi connectivity index (χ0n) is 8.76. The van der Waals surface area contributed by atoms with E-state index in [4.69, 9.17) is 20.4 Å². The number of hydrogen-bond donors (Lipinski definition) is 4. The second-order valence-electron chi connectivity index (χ2n) is 2.50. The van der Waals surface area contributed by atoms with Crippen LogP contribution in [0.5, 0.6) is 11.5 Å². The van der Waals surface area contributed by atoms with E-state index in [9.17, 15) is 9.59 Å². The number of benzene rings is 1. The summed E-state index contributed by atoms with van der Waals surface area (Å²) in [5.74, 6) is -4.30. The van der Waals surface area contributed by atoms with E-state index in [2.05, 4.69) is 0 Å². The van der Waals surface area contributed by atoms with Gasteiger partial charge in [0, 0.05) is 0 Å². The van der Waals surface area contributed by atoms with Gasteiger partial charge in [-0.2, -0.15) is 0 Å². The first kappa shape index (κ1) is 14.8. The van der Waals surface area contributed by atoms with Crippen molar-refractivity contribution in [3.63, 3.8) is 0 Å². The summed E-state index contributed by atoms with van der Waals surface area (Å²) in [4.78, 5) is 20.9. The molecule has 0 fully saturated rings. The molecule has 0 aliphatic carbocycles. The summed E-state index contributed by atoms with van der Waals surface area (Å²) in [5.41, 5.74) is -1.10. The molecule has 15 heavy (non-hydrogen) atoms.